The van der Waals surface area contributed by atoms with Gasteiger partial charge in [-0.1, -0.05) is 6.92 Å². The van der Waals surface area contributed by atoms with E-state index in [4.69, 9.17) is 11.6 Å². The maximum absolute atomic E-state index is 12.3. The second-order valence-electron chi connectivity index (χ2n) is 5.81. The van der Waals surface area contributed by atoms with Gasteiger partial charge in [-0.15, -0.1) is 11.6 Å². The lowest BCUT2D eigenvalue weighted by atomic mass is 9.79. The van der Waals surface area contributed by atoms with Gasteiger partial charge < -0.3 is 0 Å². The van der Waals surface area contributed by atoms with Gasteiger partial charge in [-0.05, 0) is 44.4 Å². The van der Waals surface area contributed by atoms with Gasteiger partial charge in [0.2, 0.25) is 0 Å². The minimum Gasteiger partial charge on any atom is -0.195 e. The number of hydrogen-bond acceptors (Lipinski definition) is 2. The summed E-state index contributed by atoms with van der Waals surface area (Å²) in [4.78, 5) is 0. The Kier molecular flexibility index (Phi) is 4.57. The van der Waals surface area contributed by atoms with Gasteiger partial charge in [-0.3, -0.25) is 0 Å². The number of alkyl halides is 1. The molecule has 0 aromatic heterocycles. The molecule has 2 aliphatic rings. The van der Waals surface area contributed by atoms with E-state index in [1.54, 1.807) is 4.31 Å². The lowest BCUT2D eigenvalue weighted by Crippen LogP contribution is -2.55. The van der Waals surface area contributed by atoms with Crippen molar-refractivity contribution >= 4 is 21.8 Å². The molecule has 2 rings (SSSR count). The molecule has 0 amide bonds. The highest BCUT2D eigenvalue weighted by atomic mass is 35.5. The second-order valence-corrected chi connectivity index (χ2v) is 7.75. The van der Waals surface area contributed by atoms with Crippen LogP contribution in [0.5, 0.6) is 0 Å². The van der Waals surface area contributed by atoms with Crippen LogP contribution in [-0.4, -0.2) is 37.2 Å². The minimum absolute atomic E-state index is 0.368. The van der Waals surface area contributed by atoms with Gasteiger partial charge in [-0.25, -0.2) is 0 Å². The molecular weight excluding hydrogens is 272 g/mol. The number of nitrogens with zero attached hydrogens (tertiary/aromatic N) is 1. The zero-order valence-corrected chi connectivity index (χ0v) is 12.6. The molecule has 1 heterocycles. The lowest BCUT2D eigenvalue weighted by Gasteiger charge is -2.39. The molecule has 1 aliphatic carbocycles. The fourth-order valence-electron chi connectivity index (χ4n) is 2.84. The van der Waals surface area contributed by atoms with Crippen LogP contribution in [0.4, 0.5) is 0 Å². The molecule has 0 aromatic carbocycles. The summed E-state index contributed by atoms with van der Waals surface area (Å²) in [6.45, 7) is 3.50. The molecule has 18 heavy (non-hydrogen) atoms. The van der Waals surface area contributed by atoms with Crippen LogP contribution in [0, 0.1) is 5.92 Å². The molecule has 0 bridgehead atoms. The average molecular weight is 295 g/mol. The molecule has 0 radical (unpaired) electrons. The van der Waals surface area contributed by atoms with E-state index >= 15 is 0 Å². The predicted molar refractivity (Wildman–Crippen MR) is 73.9 cm³/mol. The molecule has 0 spiro atoms. The van der Waals surface area contributed by atoms with Crippen molar-refractivity contribution in [2.75, 3.05) is 19.0 Å². The highest BCUT2D eigenvalue weighted by Gasteiger charge is 2.39. The van der Waals surface area contributed by atoms with Gasteiger partial charge >= 0.3 is 0 Å². The van der Waals surface area contributed by atoms with Crippen LogP contribution in [-0.2, 0) is 10.2 Å². The summed E-state index contributed by atoms with van der Waals surface area (Å²) in [5, 5.41) is 0. The van der Waals surface area contributed by atoms with Crippen molar-refractivity contribution in [2.24, 2.45) is 5.92 Å². The summed E-state index contributed by atoms with van der Waals surface area (Å²) in [5.74, 6) is 1.05. The molecule has 1 N–H and O–H groups in total. The van der Waals surface area contributed by atoms with Crippen LogP contribution in [0.1, 0.15) is 45.4 Å². The fourth-order valence-corrected chi connectivity index (χ4v) is 4.95. The first-order valence-corrected chi connectivity index (χ1v) is 8.80. The highest BCUT2D eigenvalue weighted by molar-refractivity contribution is 7.87. The van der Waals surface area contributed by atoms with Crippen LogP contribution in [0.15, 0.2) is 0 Å². The van der Waals surface area contributed by atoms with Crippen LogP contribution in [0.3, 0.4) is 0 Å². The largest absolute Gasteiger partial charge is 0.279 e. The highest BCUT2D eigenvalue weighted by Crippen LogP contribution is 2.33. The van der Waals surface area contributed by atoms with E-state index in [-0.39, 0.29) is 0 Å². The number of rotatable bonds is 4. The average Bonchev–Trinajstić information content (AvgIpc) is 2.87. The van der Waals surface area contributed by atoms with Crippen molar-refractivity contribution in [2.45, 2.75) is 51.0 Å². The standard InChI is InChI=1S/C12H23ClN2O2S/c1-11-4-6-12(10-13,7-5-11)14-18(16,17)15-8-2-3-9-15/h11,14H,2-10H2,1H3. The van der Waals surface area contributed by atoms with Gasteiger partial charge in [-0.2, -0.15) is 17.4 Å². The van der Waals surface area contributed by atoms with Crippen molar-refractivity contribution in [3.8, 4) is 0 Å². The predicted octanol–water partition coefficient (Wildman–Crippen LogP) is 2.10. The molecule has 0 atom stereocenters. The van der Waals surface area contributed by atoms with Crippen LogP contribution in [0.25, 0.3) is 0 Å². The Bertz CT molecular complexity index is 372. The Hall–Kier alpha value is 0.160. The number of hydrogen-bond donors (Lipinski definition) is 1. The number of nitrogens with one attached hydrogen (secondary N) is 1. The fraction of sp³-hybridized carbons (Fsp3) is 1.00. The molecule has 1 saturated carbocycles. The van der Waals surface area contributed by atoms with Crippen molar-refractivity contribution < 1.29 is 8.42 Å². The van der Waals surface area contributed by atoms with Crippen LogP contribution >= 0.6 is 11.6 Å². The molecule has 106 valence electrons. The van der Waals surface area contributed by atoms with E-state index in [0.717, 1.165) is 38.5 Å². The van der Waals surface area contributed by atoms with Crippen LogP contribution in [0.2, 0.25) is 0 Å². The van der Waals surface area contributed by atoms with E-state index in [2.05, 4.69) is 11.6 Å². The van der Waals surface area contributed by atoms with E-state index in [0.29, 0.717) is 24.9 Å². The first kappa shape index (κ1) is 14.6. The quantitative estimate of drug-likeness (QED) is 0.807. The van der Waals surface area contributed by atoms with Gasteiger partial charge in [0.15, 0.2) is 0 Å². The number of halogens is 1. The summed E-state index contributed by atoms with van der Waals surface area (Å²) in [6.07, 6.45) is 5.73. The maximum Gasteiger partial charge on any atom is 0.279 e. The molecule has 0 unspecified atom stereocenters. The van der Waals surface area contributed by atoms with Gasteiger partial charge in [0.05, 0.1) is 0 Å². The van der Waals surface area contributed by atoms with Gasteiger partial charge in [0.1, 0.15) is 0 Å². The first-order valence-electron chi connectivity index (χ1n) is 6.82. The Balaban J connectivity index is 2.05. The SMILES string of the molecule is CC1CCC(CCl)(NS(=O)(=O)N2CCCC2)CC1. The summed E-state index contributed by atoms with van der Waals surface area (Å²) >= 11 is 6.05. The first-order chi connectivity index (χ1) is 8.47. The molecule has 0 aromatic rings. The van der Waals surface area contributed by atoms with Crippen molar-refractivity contribution in [3.63, 3.8) is 0 Å². The monoisotopic (exact) mass is 294 g/mol. The van der Waals surface area contributed by atoms with Gasteiger partial charge in [0.25, 0.3) is 10.2 Å². The van der Waals surface area contributed by atoms with Crippen molar-refractivity contribution in [1.82, 2.24) is 9.03 Å². The smallest absolute Gasteiger partial charge is 0.195 e. The molecule has 2 fully saturated rings. The lowest BCUT2D eigenvalue weighted by molar-refractivity contribution is 0.243. The Morgan fingerprint density at radius 2 is 1.83 bits per heavy atom. The third-order valence-corrected chi connectivity index (χ3v) is 6.49. The van der Waals surface area contributed by atoms with Gasteiger partial charge in [0, 0.05) is 24.5 Å². The normalized spacial score (nSPS) is 34.9. The third-order valence-electron chi connectivity index (χ3n) is 4.24. The molecule has 6 heteroatoms. The second kappa shape index (κ2) is 5.65. The van der Waals surface area contributed by atoms with E-state index in [1.165, 1.54) is 0 Å². The Morgan fingerprint density at radius 3 is 2.33 bits per heavy atom. The zero-order valence-electron chi connectivity index (χ0n) is 11.0. The zero-order chi connectivity index (χ0) is 13.2. The third kappa shape index (κ3) is 3.18. The van der Waals surface area contributed by atoms with Crippen LogP contribution < -0.4 is 4.72 Å². The Morgan fingerprint density at radius 1 is 1.28 bits per heavy atom. The maximum atomic E-state index is 12.3. The minimum atomic E-state index is -3.35. The molecule has 4 nitrogen and oxygen atoms in total. The van der Waals surface area contributed by atoms with E-state index in [1.807, 2.05) is 0 Å². The van der Waals surface area contributed by atoms with E-state index < -0.39 is 15.7 Å². The topological polar surface area (TPSA) is 49.4 Å². The summed E-state index contributed by atoms with van der Waals surface area (Å²) in [6, 6.07) is 0. The van der Waals surface area contributed by atoms with Crippen molar-refractivity contribution in [3.05, 3.63) is 0 Å². The van der Waals surface area contributed by atoms with E-state index in [9.17, 15) is 8.42 Å². The summed E-state index contributed by atoms with van der Waals surface area (Å²) < 4.78 is 29.0. The molecule has 1 saturated heterocycles. The van der Waals surface area contributed by atoms with Crippen molar-refractivity contribution in [1.29, 1.82) is 0 Å². The molecular formula is C12H23ClN2O2S. The molecule has 1 aliphatic heterocycles. The Labute approximate surface area is 115 Å². The summed E-state index contributed by atoms with van der Waals surface area (Å²) in [7, 11) is -3.35. The summed E-state index contributed by atoms with van der Waals surface area (Å²) in [5.41, 5.74) is -0.421.